The normalized spacial score (nSPS) is 18.0. The highest BCUT2D eigenvalue weighted by Gasteiger charge is 2.19. The molecule has 2 aromatic rings. The first-order valence-electron chi connectivity index (χ1n) is 9.17. The lowest BCUT2D eigenvalue weighted by atomic mass is 10.2. The minimum absolute atomic E-state index is 0.0570. The Morgan fingerprint density at radius 3 is 2.66 bits per heavy atom. The zero-order valence-electron chi connectivity index (χ0n) is 15.4. The van der Waals surface area contributed by atoms with Gasteiger partial charge in [-0.15, -0.1) is 0 Å². The second-order valence-electron chi connectivity index (χ2n) is 6.63. The van der Waals surface area contributed by atoms with Crippen molar-refractivity contribution in [1.82, 2.24) is 5.32 Å². The van der Waals surface area contributed by atoms with Crippen molar-refractivity contribution in [1.29, 1.82) is 0 Å². The molecule has 4 rings (SSSR count). The molecule has 1 saturated heterocycles. The fraction of sp³-hybridized carbons (Fsp3) is 0.300. The molecule has 0 radical (unpaired) electrons. The molecule has 152 valence electrons. The summed E-state index contributed by atoms with van der Waals surface area (Å²) in [6, 6.07) is 7.75. The quantitative estimate of drug-likeness (QED) is 0.606. The molecule has 0 spiro atoms. The largest absolute Gasteiger partial charge is 0.454 e. The molecule has 2 aliphatic heterocycles. The number of rotatable bonds is 4. The van der Waals surface area contributed by atoms with Crippen LogP contribution in [0.25, 0.3) is 0 Å². The van der Waals surface area contributed by atoms with Crippen LogP contribution < -0.4 is 20.1 Å². The third-order valence-electron chi connectivity index (χ3n) is 4.47. The van der Waals surface area contributed by atoms with Crippen molar-refractivity contribution in [2.24, 2.45) is 4.99 Å². The SMILES string of the molecule is O=C(NC(=NCC1CCCO1)Nc1cc(F)cc(F)c1)c1ccc2c(c1)OCO2. The van der Waals surface area contributed by atoms with Crippen molar-refractivity contribution in [3.8, 4) is 11.5 Å². The summed E-state index contributed by atoms with van der Waals surface area (Å²) in [5.41, 5.74) is 0.450. The molecule has 0 aliphatic carbocycles. The molecule has 0 bridgehead atoms. The summed E-state index contributed by atoms with van der Waals surface area (Å²) in [5.74, 6) is -0.856. The lowest BCUT2D eigenvalue weighted by Gasteiger charge is -2.14. The van der Waals surface area contributed by atoms with E-state index in [1.807, 2.05) is 0 Å². The predicted octanol–water partition coefficient (Wildman–Crippen LogP) is 3.07. The first-order chi connectivity index (χ1) is 14.1. The minimum Gasteiger partial charge on any atom is -0.454 e. The first-order valence-corrected chi connectivity index (χ1v) is 9.17. The van der Waals surface area contributed by atoms with Gasteiger partial charge in [0.05, 0.1) is 12.6 Å². The molecule has 1 amide bonds. The zero-order chi connectivity index (χ0) is 20.2. The lowest BCUT2D eigenvalue weighted by molar-refractivity contribution is 0.0975. The molecular weight excluding hydrogens is 384 g/mol. The molecule has 1 fully saturated rings. The van der Waals surface area contributed by atoms with E-state index in [0.717, 1.165) is 31.0 Å². The molecule has 0 saturated carbocycles. The van der Waals surface area contributed by atoms with Gasteiger partial charge in [0.15, 0.2) is 11.5 Å². The summed E-state index contributed by atoms with van der Waals surface area (Å²) in [7, 11) is 0. The zero-order valence-corrected chi connectivity index (χ0v) is 15.4. The number of nitrogens with one attached hydrogen (secondary N) is 2. The third-order valence-corrected chi connectivity index (χ3v) is 4.47. The van der Waals surface area contributed by atoms with Crippen LogP contribution in [0.1, 0.15) is 23.2 Å². The Labute approximate surface area is 165 Å². The van der Waals surface area contributed by atoms with E-state index in [4.69, 9.17) is 14.2 Å². The van der Waals surface area contributed by atoms with Gasteiger partial charge in [-0.3, -0.25) is 10.1 Å². The molecule has 2 heterocycles. The average Bonchev–Trinajstić information content (AvgIpc) is 3.36. The van der Waals surface area contributed by atoms with Gasteiger partial charge in [0.1, 0.15) is 11.6 Å². The number of hydrogen-bond donors (Lipinski definition) is 2. The van der Waals surface area contributed by atoms with Gasteiger partial charge in [-0.1, -0.05) is 0 Å². The summed E-state index contributed by atoms with van der Waals surface area (Å²) in [6.07, 6.45) is 1.75. The Morgan fingerprint density at radius 2 is 1.90 bits per heavy atom. The smallest absolute Gasteiger partial charge is 0.258 e. The molecule has 29 heavy (non-hydrogen) atoms. The van der Waals surface area contributed by atoms with Crippen molar-refractivity contribution in [2.45, 2.75) is 18.9 Å². The second-order valence-corrected chi connectivity index (χ2v) is 6.63. The third kappa shape index (κ3) is 4.80. The van der Waals surface area contributed by atoms with Crippen LogP contribution in [0.5, 0.6) is 11.5 Å². The Bertz CT molecular complexity index is 925. The highest BCUT2D eigenvalue weighted by Crippen LogP contribution is 2.32. The van der Waals surface area contributed by atoms with Gasteiger partial charge >= 0.3 is 0 Å². The lowest BCUT2D eigenvalue weighted by Crippen LogP contribution is -2.36. The minimum atomic E-state index is -0.743. The molecule has 7 nitrogen and oxygen atoms in total. The number of carbonyl (C=O) groups excluding carboxylic acids is 1. The number of halogens is 2. The van der Waals surface area contributed by atoms with E-state index in [1.165, 1.54) is 0 Å². The highest BCUT2D eigenvalue weighted by molar-refractivity contribution is 6.10. The number of aliphatic imine (C=N–C) groups is 1. The summed E-state index contributed by atoms with van der Waals surface area (Å²) < 4.78 is 43.1. The standard InChI is InChI=1S/C20H19F2N3O4/c21-13-7-14(22)9-15(8-13)24-20(23-10-16-2-1-5-27-16)25-19(26)12-3-4-17-18(6-12)29-11-28-17/h3-4,6-9,16H,1-2,5,10-11H2,(H2,23,24,25,26). The van der Waals surface area contributed by atoms with Crippen LogP contribution in [0, 0.1) is 11.6 Å². The van der Waals surface area contributed by atoms with E-state index >= 15 is 0 Å². The number of hydrogen-bond acceptors (Lipinski definition) is 5. The molecule has 2 aliphatic rings. The van der Waals surface area contributed by atoms with Gasteiger partial charge in [0.2, 0.25) is 12.8 Å². The summed E-state index contributed by atoms with van der Waals surface area (Å²) in [5, 5.41) is 5.40. The first kappa shape index (κ1) is 19.1. The van der Waals surface area contributed by atoms with Crippen molar-refractivity contribution in [3.05, 3.63) is 53.6 Å². The number of nitrogens with zero attached hydrogens (tertiary/aromatic N) is 1. The molecule has 2 N–H and O–H groups in total. The van der Waals surface area contributed by atoms with E-state index in [9.17, 15) is 13.6 Å². The number of carbonyl (C=O) groups is 1. The number of anilines is 1. The Morgan fingerprint density at radius 1 is 1.10 bits per heavy atom. The molecule has 9 heteroatoms. The van der Waals surface area contributed by atoms with Crippen molar-refractivity contribution in [3.63, 3.8) is 0 Å². The molecule has 1 unspecified atom stereocenters. The van der Waals surface area contributed by atoms with E-state index in [1.54, 1.807) is 18.2 Å². The highest BCUT2D eigenvalue weighted by atomic mass is 19.1. The Hall–Kier alpha value is -3.20. The molecule has 2 aromatic carbocycles. The van der Waals surface area contributed by atoms with Crippen LogP contribution in [0.15, 0.2) is 41.4 Å². The fourth-order valence-corrected chi connectivity index (χ4v) is 3.07. The van der Waals surface area contributed by atoms with Gasteiger partial charge in [0.25, 0.3) is 5.91 Å². The van der Waals surface area contributed by atoms with Crippen LogP contribution in [-0.2, 0) is 4.74 Å². The summed E-state index contributed by atoms with van der Waals surface area (Å²) >= 11 is 0. The number of guanidine groups is 1. The average molecular weight is 403 g/mol. The van der Waals surface area contributed by atoms with Crippen molar-refractivity contribution < 1.29 is 27.8 Å². The van der Waals surface area contributed by atoms with Crippen molar-refractivity contribution in [2.75, 3.05) is 25.3 Å². The topological polar surface area (TPSA) is 81.2 Å². The molecule has 0 aromatic heterocycles. The van der Waals surface area contributed by atoms with Crippen molar-refractivity contribution >= 4 is 17.6 Å². The maximum absolute atomic E-state index is 13.5. The van der Waals surface area contributed by atoms with E-state index in [0.29, 0.717) is 30.2 Å². The maximum atomic E-state index is 13.5. The van der Waals surface area contributed by atoms with Crippen LogP contribution in [0.2, 0.25) is 0 Å². The van der Waals surface area contributed by atoms with Crippen LogP contribution in [0.3, 0.4) is 0 Å². The van der Waals surface area contributed by atoms with Gasteiger partial charge in [0, 0.05) is 23.9 Å². The van der Waals surface area contributed by atoms with Gasteiger partial charge in [-0.25, -0.2) is 13.8 Å². The maximum Gasteiger partial charge on any atom is 0.258 e. The molecular formula is C20H19F2N3O4. The van der Waals surface area contributed by atoms with E-state index in [-0.39, 0.29) is 24.5 Å². The Balaban J connectivity index is 1.52. The predicted molar refractivity (Wildman–Crippen MR) is 101 cm³/mol. The summed E-state index contributed by atoms with van der Waals surface area (Å²) in [6.45, 7) is 1.07. The van der Waals surface area contributed by atoms with Gasteiger partial charge < -0.3 is 19.5 Å². The fourth-order valence-electron chi connectivity index (χ4n) is 3.07. The second kappa shape index (κ2) is 8.44. The van der Waals surface area contributed by atoms with Crippen LogP contribution >= 0.6 is 0 Å². The van der Waals surface area contributed by atoms with Crippen LogP contribution in [0.4, 0.5) is 14.5 Å². The van der Waals surface area contributed by atoms with E-state index in [2.05, 4.69) is 15.6 Å². The monoisotopic (exact) mass is 403 g/mol. The number of benzene rings is 2. The van der Waals surface area contributed by atoms with Crippen LogP contribution in [-0.4, -0.2) is 37.9 Å². The van der Waals surface area contributed by atoms with E-state index < -0.39 is 17.5 Å². The number of fused-ring (bicyclic) bond motifs is 1. The number of ether oxygens (including phenoxy) is 3. The van der Waals surface area contributed by atoms with Gasteiger partial charge in [-0.05, 0) is 43.2 Å². The van der Waals surface area contributed by atoms with Gasteiger partial charge in [-0.2, -0.15) is 0 Å². The summed E-state index contributed by atoms with van der Waals surface area (Å²) in [4.78, 5) is 17.0. The number of amides is 1. The Kier molecular flexibility index (Phi) is 5.57. The molecule has 1 atom stereocenters.